The summed E-state index contributed by atoms with van der Waals surface area (Å²) in [6, 6.07) is 1.46. The van der Waals surface area contributed by atoms with Gasteiger partial charge in [0.15, 0.2) is 0 Å². The van der Waals surface area contributed by atoms with Gasteiger partial charge < -0.3 is 10.1 Å². The average Bonchev–Trinajstić information content (AvgIpc) is 2.27. The van der Waals surface area contributed by atoms with Crippen molar-refractivity contribution in [2.45, 2.75) is 38.3 Å². The van der Waals surface area contributed by atoms with Gasteiger partial charge in [0, 0.05) is 6.04 Å². The van der Waals surface area contributed by atoms with Crippen molar-refractivity contribution in [1.82, 2.24) is 5.32 Å². The summed E-state index contributed by atoms with van der Waals surface area (Å²) in [5.41, 5.74) is 0. The molecule has 0 aromatic heterocycles. The summed E-state index contributed by atoms with van der Waals surface area (Å²) in [6.45, 7) is 4.22. The summed E-state index contributed by atoms with van der Waals surface area (Å²) >= 11 is 0. The summed E-state index contributed by atoms with van der Waals surface area (Å²) in [4.78, 5) is 0. The monoisotopic (exact) mass is 155 g/mol. The first-order valence-electron chi connectivity index (χ1n) is 4.68. The first-order valence-corrected chi connectivity index (χ1v) is 4.68. The Morgan fingerprint density at radius 1 is 1.18 bits per heavy atom. The van der Waals surface area contributed by atoms with Gasteiger partial charge in [-0.3, -0.25) is 0 Å². The number of hydrogen-bond acceptors (Lipinski definition) is 2. The van der Waals surface area contributed by atoms with Crippen LogP contribution in [0.2, 0.25) is 0 Å². The molecule has 0 aromatic carbocycles. The summed E-state index contributed by atoms with van der Waals surface area (Å²) in [6.07, 6.45) is 4.15. The molecule has 2 heteroatoms. The maximum absolute atomic E-state index is 5.11. The molecule has 1 N–H and O–H groups in total. The van der Waals surface area contributed by atoms with Crippen molar-refractivity contribution >= 4 is 0 Å². The van der Waals surface area contributed by atoms with Crippen LogP contribution in [0.25, 0.3) is 0 Å². The Balaban J connectivity index is 1.70. The normalized spacial score (nSPS) is 39.0. The van der Waals surface area contributed by atoms with Crippen LogP contribution in [-0.4, -0.2) is 25.3 Å². The standard InChI is InChI=1S/C9H17NO/c1-7-2-3-8(4-7)10-9-5-11-6-9/h7-10H,2-6H2,1H3/t7-,8-/m1/s1. The van der Waals surface area contributed by atoms with Crippen LogP contribution in [0.5, 0.6) is 0 Å². The zero-order chi connectivity index (χ0) is 7.68. The highest BCUT2D eigenvalue weighted by Gasteiger charge is 2.26. The molecular weight excluding hydrogens is 138 g/mol. The van der Waals surface area contributed by atoms with Crippen LogP contribution < -0.4 is 5.32 Å². The lowest BCUT2D eigenvalue weighted by Gasteiger charge is -2.30. The summed E-state index contributed by atoms with van der Waals surface area (Å²) in [5.74, 6) is 0.938. The van der Waals surface area contributed by atoms with Crippen LogP contribution in [0.1, 0.15) is 26.2 Å². The molecule has 0 unspecified atom stereocenters. The number of hydrogen-bond donors (Lipinski definition) is 1. The topological polar surface area (TPSA) is 21.3 Å². The van der Waals surface area contributed by atoms with Crippen molar-refractivity contribution in [1.29, 1.82) is 0 Å². The molecular formula is C9H17NO. The third-order valence-corrected chi connectivity index (χ3v) is 2.80. The van der Waals surface area contributed by atoms with Gasteiger partial charge in [0.2, 0.25) is 0 Å². The van der Waals surface area contributed by atoms with Crippen molar-refractivity contribution in [2.24, 2.45) is 5.92 Å². The van der Waals surface area contributed by atoms with Crippen molar-refractivity contribution in [3.63, 3.8) is 0 Å². The molecule has 0 aromatic rings. The van der Waals surface area contributed by atoms with Crippen molar-refractivity contribution < 1.29 is 4.74 Å². The third kappa shape index (κ3) is 1.74. The first-order chi connectivity index (χ1) is 5.34. The molecule has 2 fully saturated rings. The maximum Gasteiger partial charge on any atom is 0.0643 e. The van der Waals surface area contributed by atoms with Crippen molar-refractivity contribution in [3.8, 4) is 0 Å². The first kappa shape index (κ1) is 7.56. The molecule has 2 nitrogen and oxygen atoms in total. The third-order valence-electron chi connectivity index (χ3n) is 2.80. The number of nitrogens with one attached hydrogen (secondary N) is 1. The van der Waals surface area contributed by atoms with E-state index in [2.05, 4.69) is 12.2 Å². The van der Waals surface area contributed by atoms with Crippen molar-refractivity contribution in [2.75, 3.05) is 13.2 Å². The summed E-state index contributed by atoms with van der Waals surface area (Å²) < 4.78 is 5.11. The number of rotatable bonds is 2. The zero-order valence-electron chi connectivity index (χ0n) is 7.18. The molecule has 2 atom stereocenters. The highest BCUT2D eigenvalue weighted by atomic mass is 16.5. The predicted molar refractivity (Wildman–Crippen MR) is 44.5 cm³/mol. The quantitative estimate of drug-likeness (QED) is 0.646. The fourth-order valence-electron chi connectivity index (χ4n) is 2.02. The van der Waals surface area contributed by atoms with Gasteiger partial charge in [-0.05, 0) is 25.2 Å². The minimum atomic E-state index is 0.672. The van der Waals surface area contributed by atoms with Gasteiger partial charge in [0.05, 0.1) is 19.3 Å². The molecule has 1 saturated heterocycles. The van der Waals surface area contributed by atoms with E-state index >= 15 is 0 Å². The van der Waals surface area contributed by atoms with Crippen LogP contribution >= 0.6 is 0 Å². The molecule has 1 saturated carbocycles. The van der Waals surface area contributed by atoms with Crippen LogP contribution in [-0.2, 0) is 4.74 Å². The average molecular weight is 155 g/mol. The Morgan fingerprint density at radius 2 is 2.00 bits per heavy atom. The van der Waals surface area contributed by atoms with E-state index in [0.29, 0.717) is 6.04 Å². The van der Waals surface area contributed by atoms with Gasteiger partial charge >= 0.3 is 0 Å². The maximum atomic E-state index is 5.11. The van der Waals surface area contributed by atoms with Crippen molar-refractivity contribution in [3.05, 3.63) is 0 Å². The molecule has 0 radical (unpaired) electrons. The lowest BCUT2D eigenvalue weighted by atomic mass is 10.1. The molecule has 0 spiro atoms. The molecule has 0 amide bonds. The largest absolute Gasteiger partial charge is 0.378 e. The summed E-state index contributed by atoms with van der Waals surface area (Å²) in [7, 11) is 0. The summed E-state index contributed by atoms with van der Waals surface area (Å²) in [5, 5.41) is 3.62. The molecule has 1 aliphatic carbocycles. The molecule has 64 valence electrons. The SMILES string of the molecule is C[C@@H]1CC[C@@H](NC2COC2)C1. The zero-order valence-corrected chi connectivity index (χ0v) is 7.18. The molecule has 1 aliphatic heterocycles. The van der Waals surface area contributed by atoms with E-state index in [0.717, 1.165) is 25.2 Å². The Labute approximate surface area is 68.3 Å². The smallest absolute Gasteiger partial charge is 0.0643 e. The van der Waals surface area contributed by atoms with Gasteiger partial charge in [0.1, 0.15) is 0 Å². The highest BCUT2D eigenvalue weighted by molar-refractivity contribution is 4.84. The predicted octanol–water partition coefficient (Wildman–Crippen LogP) is 1.16. The Kier molecular flexibility index (Phi) is 2.14. The van der Waals surface area contributed by atoms with E-state index < -0.39 is 0 Å². The second-order valence-corrected chi connectivity index (χ2v) is 4.02. The minimum absolute atomic E-state index is 0.672. The van der Waals surface area contributed by atoms with E-state index in [4.69, 9.17) is 4.74 Å². The van der Waals surface area contributed by atoms with E-state index in [1.165, 1.54) is 19.3 Å². The van der Waals surface area contributed by atoms with Gasteiger partial charge in [-0.15, -0.1) is 0 Å². The Morgan fingerprint density at radius 3 is 2.45 bits per heavy atom. The second-order valence-electron chi connectivity index (χ2n) is 4.02. The second kappa shape index (κ2) is 3.11. The van der Waals surface area contributed by atoms with E-state index in [1.54, 1.807) is 0 Å². The lowest BCUT2D eigenvalue weighted by molar-refractivity contribution is -0.00979. The van der Waals surface area contributed by atoms with Gasteiger partial charge in [-0.25, -0.2) is 0 Å². The van der Waals surface area contributed by atoms with Crippen LogP contribution in [0.15, 0.2) is 0 Å². The molecule has 0 bridgehead atoms. The van der Waals surface area contributed by atoms with Gasteiger partial charge in [-0.2, -0.15) is 0 Å². The van der Waals surface area contributed by atoms with Crippen LogP contribution in [0.4, 0.5) is 0 Å². The molecule has 11 heavy (non-hydrogen) atoms. The Bertz CT molecular complexity index is 134. The van der Waals surface area contributed by atoms with Gasteiger partial charge in [-0.1, -0.05) is 6.92 Å². The number of ether oxygens (including phenoxy) is 1. The minimum Gasteiger partial charge on any atom is -0.378 e. The van der Waals surface area contributed by atoms with E-state index in [-0.39, 0.29) is 0 Å². The van der Waals surface area contributed by atoms with Crippen LogP contribution in [0.3, 0.4) is 0 Å². The molecule has 2 aliphatic rings. The Hall–Kier alpha value is -0.0800. The van der Waals surface area contributed by atoms with Crippen LogP contribution in [0, 0.1) is 5.92 Å². The van der Waals surface area contributed by atoms with E-state index in [1.807, 2.05) is 0 Å². The van der Waals surface area contributed by atoms with Gasteiger partial charge in [0.25, 0.3) is 0 Å². The lowest BCUT2D eigenvalue weighted by Crippen LogP contribution is -2.49. The molecule has 2 rings (SSSR count). The fourth-order valence-corrected chi connectivity index (χ4v) is 2.02. The van der Waals surface area contributed by atoms with E-state index in [9.17, 15) is 0 Å². The highest BCUT2D eigenvalue weighted by Crippen LogP contribution is 2.25. The fraction of sp³-hybridized carbons (Fsp3) is 1.00. The molecule has 1 heterocycles.